The van der Waals surface area contributed by atoms with Gasteiger partial charge in [0.15, 0.2) is 0 Å². The quantitative estimate of drug-likeness (QED) is 0.783. The summed E-state index contributed by atoms with van der Waals surface area (Å²) in [4.78, 5) is 2.07. The maximum atomic E-state index is 10.2. The predicted molar refractivity (Wildman–Crippen MR) is 73.9 cm³/mol. The third-order valence-electron chi connectivity index (χ3n) is 2.63. The molecule has 1 aromatic rings. The number of aliphatic hydroxyl groups is 1. The van der Waals surface area contributed by atoms with E-state index in [-0.39, 0.29) is 0 Å². The van der Waals surface area contributed by atoms with E-state index < -0.39 is 6.10 Å². The molecule has 0 saturated heterocycles. The van der Waals surface area contributed by atoms with Crippen molar-refractivity contribution in [1.82, 2.24) is 20.0 Å². The average Bonchev–Trinajstić information content (AvgIpc) is 2.64. The molecular weight excluding hydrogens is 252 g/mol. The summed E-state index contributed by atoms with van der Waals surface area (Å²) < 4.78 is 1.77. The van der Waals surface area contributed by atoms with Gasteiger partial charge in [0.1, 0.15) is 6.10 Å². The molecule has 0 radical (unpaired) electrons. The smallest absolute Gasteiger partial charge is 0.110 e. The second-order valence-corrected chi connectivity index (χ2v) is 5.39. The Morgan fingerprint density at radius 1 is 1.50 bits per heavy atom. The number of halogens is 1. The van der Waals surface area contributed by atoms with Gasteiger partial charge >= 0.3 is 0 Å². The minimum Gasteiger partial charge on any atom is -0.385 e. The zero-order valence-corrected chi connectivity index (χ0v) is 12.3. The molecule has 1 rings (SSSR count). The minimum atomic E-state index is -0.635. The fourth-order valence-corrected chi connectivity index (χ4v) is 1.89. The Kier molecular flexibility index (Phi) is 6.08. The van der Waals surface area contributed by atoms with Gasteiger partial charge in [-0.2, -0.15) is 5.10 Å². The molecule has 0 amide bonds. The van der Waals surface area contributed by atoms with Crippen LogP contribution in [0.15, 0.2) is 6.20 Å². The van der Waals surface area contributed by atoms with Crippen LogP contribution in [0.25, 0.3) is 0 Å². The van der Waals surface area contributed by atoms with E-state index in [4.69, 9.17) is 11.6 Å². The second kappa shape index (κ2) is 7.09. The molecule has 1 unspecified atom stereocenters. The van der Waals surface area contributed by atoms with Gasteiger partial charge in [0.2, 0.25) is 0 Å². The van der Waals surface area contributed by atoms with E-state index in [0.29, 0.717) is 29.8 Å². The van der Waals surface area contributed by atoms with Crippen LogP contribution in [0.1, 0.15) is 25.6 Å². The van der Waals surface area contributed by atoms with E-state index in [1.54, 1.807) is 10.9 Å². The zero-order valence-electron chi connectivity index (χ0n) is 11.5. The molecule has 0 aliphatic rings. The fraction of sp³-hybridized carbons (Fsp3) is 0.750. The van der Waals surface area contributed by atoms with Crippen LogP contribution in [0.5, 0.6) is 0 Å². The van der Waals surface area contributed by atoms with Crippen LogP contribution in [-0.4, -0.2) is 53.0 Å². The first kappa shape index (κ1) is 15.4. The molecule has 1 heterocycles. The predicted octanol–water partition coefficient (Wildman–Crippen LogP) is 1.13. The maximum Gasteiger partial charge on any atom is 0.110 e. The number of nitrogens with zero attached hydrogens (tertiary/aromatic N) is 3. The summed E-state index contributed by atoms with van der Waals surface area (Å²) in [5.41, 5.74) is 0.687. The highest BCUT2D eigenvalue weighted by atomic mass is 35.5. The Hall–Kier alpha value is -0.620. The zero-order chi connectivity index (χ0) is 13.7. The van der Waals surface area contributed by atoms with Crippen molar-refractivity contribution in [3.8, 4) is 0 Å². The molecule has 0 aromatic carbocycles. The fourth-order valence-electron chi connectivity index (χ4n) is 1.62. The SMILES string of the molecule is CC(C)NCC(O)c1c(Cl)cnn1CCN(C)C. The maximum absolute atomic E-state index is 10.2. The van der Waals surface area contributed by atoms with Crippen LogP contribution >= 0.6 is 11.6 Å². The Morgan fingerprint density at radius 3 is 2.72 bits per heavy atom. The molecule has 1 atom stereocenters. The van der Waals surface area contributed by atoms with Gasteiger partial charge in [-0.05, 0) is 14.1 Å². The molecule has 2 N–H and O–H groups in total. The van der Waals surface area contributed by atoms with Crippen molar-refractivity contribution >= 4 is 11.6 Å². The van der Waals surface area contributed by atoms with E-state index in [2.05, 4.69) is 15.3 Å². The third kappa shape index (κ3) is 4.57. The molecule has 0 saturated carbocycles. The van der Waals surface area contributed by atoms with E-state index >= 15 is 0 Å². The molecule has 0 aliphatic heterocycles. The summed E-state index contributed by atoms with van der Waals surface area (Å²) in [5.74, 6) is 0. The van der Waals surface area contributed by atoms with Gasteiger partial charge in [-0.25, -0.2) is 0 Å². The first-order chi connectivity index (χ1) is 8.41. The lowest BCUT2D eigenvalue weighted by Gasteiger charge is -2.17. The van der Waals surface area contributed by atoms with E-state index in [9.17, 15) is 5.11 Å². The van der Waals surface area contributed by atoms with Crippen molar-refractivity contribution in [2.24, 2.45) is 0 Å². The van der Waals surface area contributed by atoms with Crippen molar-refractivity contribution in [2.45, 2.75) is 32.5 Å². The third-order valence-corrected chi connectivity index (χ3v) is 2.92. The summed E-state index contributed by atoms with van der Waals surface area (Å²) in [6.07, 6.45) is 0.954. The number of aliphatic hydroxyl groups excluding tert-OH is 1. The van der Waals surface area contributed by atoms with Gasteiger partial charge in [0, 0.05) is 19.1 Å². The van der Waals surface area contributed by atoms with Crippen LogP contribution in [0.2, 0.25) is 5.02 Å². The van der Waals surface area contributed by atoms with Crippen LogP contribution in [-0.2, 0) is 6.54 Å². The van der Waals surface area contributed by atoms with Crippen molar-refractivity contribution in [3.63, 3.8) is 0 Å². The minimum absolute atomic E-state index is 0.330. The van der Waals surface area contributed by atoms with E-state index in [1.807, 2.05) is 27.9 Å². The molecule has 1 aromatic heterocycles. The molecule has 0 bridgehead atoms. The van der Waals surface area contributed by atoms with Gasteiger partial charge in [-0.15, -0.1) is 0 Å². The van der Waals surface area contributed by atoms with Gasteiger partial charge in [-0.3, -0.25) is 4.68 Å². The summed E-state index contributed by atoms with van der Waals surface area (Å²) >= 11 is 6.09. The highest BCUT2D eigenvalue weighted by Gasteiger charge is 2.18. The molecule has 6 heteroatoms. The van der Waals surface area contributed by atoms with Crippen molar-refractivity contribution in [2.75, 3.05) is 27.2 Å². The van der Waals surface area contributed by atoms with Crippen molar-refractivity contribution < 1.29 is 5.11 Å². The lowest BCUT2D eigenvalue weighted by molar-refractivity contribution is 0.159. The summed E-state index contributed by atoms with van der Waals surface area (Å²) in [6, 6.07) is 0.330. The van der Waals surface area contributed by atoms with Crippen LogP contribution in [0.3, 0.4) is 0 Å². The van der Waals surface area contributed by atoms with E-state index in [0.717, 1.165) is 6.54 Å². The monoisotopic (exact) mass is 274 g/mol. The topological polar surface area (TPSA) is 53.3 Å². The Morgan fingerprint density at radius 2 is 2.17 bits per heavy atom. The highest BCUT2D eigenvalue weighted by molar-refractivity contribution is 6.31. The molecule has 0 spiro atoms. The average molecular weight is 275 g/mol. The molecule has 104 valence electrons. The lowest BCUT2D eigenvalue weighted by atomic mass is 10.2. The van der Waals surface area contributed by atoms with Crippen molar-refractivity contribution in [1.29, 1.82) is 0 Å². The number of hydrogen-bond donors (Lipinski definition) is 2. The number of aromatic nitrogens is 2. The van der Waals surface area contributed by atoms with Crippen molar-refractivity contribution in [3.05, 3.63) is 16.9 Å². The van der Waals surface area contributed by atoms with Gasteiger partial charge in [-0.1, -0.05) is 25.4 Å². The van der Waals surface area contributed by atoms with Gasteiger partial charge in [0.25, 0.3) is 0 Å². The number of hydrogen-bond acceptors (Lipinski definition) is 4. The summed E-state index contributed by atoms with van der Waals surface area (Å²) in [7, 11) is 4.00. The summed E-state index contributed by atoms with van der Waals surface area (Å²) in [5, 5.41) is 18.1. The molecule has 0 fully saturated rings. The summed E-state index contributed by atoms with van der Waals surface area (Å²) in [6.45, 7) is 6.13. The number of rotatable bonds is 7. The standard InChI is InChI=1S/C12H23ClN4O/c1-9(2)14-8-11(18)12-10(13)7-15-17(12)6-5-16(3)4/h7,9,11,14,18H,5-6,8H2,1-4H3. The number of nitrogens with one attached hydrogen (secondary N) is 1. The van der Waals surface area contributed by atoms with E-state index in [1.165, 1.54) is 0 Å². The largest absolute Gasteiger partial charge is 0.385 e. The normalized spacial score (nSPS) is 13.6. The number of likely N-dealkylation sites (N-methyl/N-ethyl adjacent to an activating group) is 1. The van der Waals surface area contributed by atoms with Crippen LogP contribution in [0, 0.1) is 0 Å². The lowest BCUT2D eigenvalue weighted by Crippen LogP contribution is -2.29. The second-order valence-electron chi connectivity index (χ2n) is 4.98. The molecule has 18 heavy (non-hydrogen) atoms. The van der Waals surface area contributed by atoms with Gasteiger partial charge < -0.3 is 15.3 Å². The van der Waals surface area contributed by atoms with Crippen LogP contribution in [0.4, 0.5) is 0 Å². The molecular formula is C12H23ClN4O. The Balaban J connectivity index is 2.70. The molecule has 5 nitrogen and oxygen atoms in total. The first-order valence-corrected chi connectivity index (χ1v) is 6.57. The van der Waals surface area contributed by atoms with Crippen LogP contribution < -0.4 is 5.32 Å². The highest BCUT2D eigenvalue weighted by Crippen LogP contribution is 2.22. The Bertz CT molecular complexity index is 365. The first-order valence-electron chi connectivity index (χ1n) is 6.19. The Labute approximate surface area is 114 Å². The van der Waals surface area contributed by atoms with Gasteiger partial charge in [0.05, 0.1) is 23.5 Å². The molecule has 0 aliphatic carbocycles.